The Balaban J connectivity index is 2.37. The van der Waals surface area contributed by atoms with Crippen LogP contribution in [0.5, 0.6) is 0 Å². The highest BCUT2D eigenvalue weighted by atomic mass is 19.1. The summed E-state index contributed by atoms with van der Waals surface area (Å²) in [6.07, 6.45) is 0. The van der Waals surface area contributed by atoms with E-state index in [0.29, 0.717) is 0 Å². The molecule has 90 valence electrons. The molecule has 0 fully saturated rings. The first-order valence-corrected chi connectivity index (χ1v) is 5.30. The van der Waals surface area contributed by atoms with Gasteiger partial charge >= 0.3 is 0 Å². The van der Waals surface area contributed by atoms with Crippen LogP contribution in [0.4, 0.5) is 21.7 Å². The van der Waals surface area contributed by atoms with Crippen molar-refractivity contribution in [2.45, 2.75) is 6.92 Å². The van der Waals surface area contributed by atoms with Gasteiger partial charge in [0.2, 0.25) is 0 Å². The van der Waals surface area contributed by atoms with E-state index < -0.39 is 5.82 Å². The molecule has 0 aliphatic heterocycles. The van der Waals surface area contributed by atoms with E-state index in [1.54, 1.807) is 0 Å². The van der Waals surface area contributed by atoms with Crippen LogP contribution in [0.3, 0.4) is 0 Å². The van der Waals surface area contributed by atoms with E-state index in [1.165, 1.54) is 0 Å². The molecule has 1 heterocycles. The lowest BCUT2D eigenvalue weighted by Gasteiger charge is -2.08. The summed E-state index contributed by atoms with van der Waals surface area (Å²) < 4.78 is 13.2. The molecule has 3 N–H and O–H groups in total. The van der Waals surface area contributed by atoms with E-state index in [0.717, 1.165) is 17.3 Å². The number of nitrogens with zero attached hydrogens (tertiary/aromatic N) is 2. The lowest BCUT2D eigenvalue weighted by Crippen LogP contribution is -2.02. The van der Waals surface area contributed by atoms with Gasteiger partial charge < -0.3 is 11.1 Å². The molecule has 0 aliphatic carbocycles. The zero-order valence-corrected chi connectivity index (χ0v) is 9.74. The van der Waals surface area contributed by atoms with E-state index in [4.69, 9.17) is 11.0 Å². The number of hydrogen-bond acceptors (Lipinski definition) is 4. The molecule has 0 atom stereocenters. The summed E-state index contributed by atoms with van der Waals surface area (Å²) in [5.74, 6) is -0.676. The van der Waals surface area contributed by atoms with Crippen molar-refractivity contribution in [3.05, 3.63) is 47.3 Å². The van der Waals surface area contributed by atoms with Crippen molar-refractivity contribution in [1.82, 2.24) is 4.98 Å². The average Bonchev–Trinajstić information content (AvgIpc) is 2.36. The summed E-state index contributed by atoms with van der Waals surface area (Å²) >= 11 is 0. The minimum absolute atomic E-state index is 0.113. The van der Waals surface area contributed by atoms with Crippen LogP contribution in [0.2, 0.25) is 0 Å². The first kappa shape index (κ1) is 11.9. The molecular weight excluding hydrogens is 231 g/mol. The summed E-state index contributed by atoms with van der Waals surface area (Å²) in [6.45, 7) is 1.97. The Morgan fingerprint density at radius 1 is 1.33 bits per heavy atom. The van der Waals surface area contributed by atoms with E-state index in [-0.39, 0.29) is 17.2 Å². The fourth-order valence-electron chi connectivity index (χ4n) is 1.46. The van der Waals surface area contributed by atoms with Crippen molar-refractivity contribution in [3.63, 3.8) is 0 Å². The molecule has 0 spiro atoms. The molecule has 0 unspecified atom stereocenters. The summed E-state index contributed by atoms with van der Waals surface area (Å²) in [4.78, 5) is 3.83. The Hall–Kier alpha value is -2.61. The highest BCUT2D eigenvalue weighted by molar-refractivity contribution is 5.64. The van der Waals surface area contributed by atoms with Crippen LogP contribution in [0.1, 0.15) is 11.1 Å². The van der Waals surface area contributed by atoms with E-state index in [9.17, 15) is 4.39 Å². The Morgan fingerprint density at radius 2 is 2.00 bits per heavy atom. The van der Waals surface area contributed by atoms with Crippen molar-refractivity contribution in [2.24, 2.45) is 0 Å². The highest BCUT2D eigenvalue weighted by Gasteiger charge is 2.09. The highest BCUT2D eigenvalue weighted by Crippen LogP contribution is 2.21. The van der Waals surface area contributed by atoms with Crippen LogP contribution >= 0.6 is 0 Å². The maximum absolute atomic E-state index is 13.2. The molecule has 4 nitrogen and oxygen atoms in total. The molecule has 5 heteroatoms. The first-order chi connectivity index (χ1) is 8.60. The molecule has 1 aromatic heterocycles. The van der Waals surface area contributed by atoms with Crippen LogP contribution in [-0.2, 0) is 0 Å². The largest absolute Gasteiger partial charge is 0.381 e. The van der Waals surface area contributed by atoms with Crippen molar-refractivity contribution in [3.8, 4) is 6.07 Å². The third-order valence-electron chi connectivity index (χ3n) is 2.44. The number of aryl methyl sites for hydroxylation is 1. The first-order valence-electron chi connectivity index (χ1n) is 5.30. The van der Waals surface area contributed by atoms with Gasteiger partial charge in [0.25, 0.3) is 0 Å². The number of benzene rings is 1. The Labute approximate surface area is 104 Å². The second-order valence-corrected chi connectivity index (χ2v) is 3.85. The number of rotatable bonds is 2. The SMILES string of the molecule is Cc1ccc(Nc2nc(N)c(F)cc2C#N)cc1. The maximum Gasteiger partial charge on any atom is 0.166 e. The number of halogens is 1. The summed E-state index contributed by atoms with van der Waals surface area (Å²) in [5.41, 5.74) is 7.38. The number of nitrogens with two attached hydrogens (primary N) is 1. The molecule has 0 bridgehead atoms. The second kappa shape index (κ2) is 4.72. The zero-order chi connectivity index (χ0) is 13.1. The average molecular weight is 242 g/mol. The fourth-order valence-corrected chi connectivity index (χ4v) is 1.46. The molecule has 0 aliphatic rings. The van der Waals surface area contributed by atoms with Crippen LogP contribution in [0, 0.1) is 24.1 Å². The van der Waals surface area contributed by atoms with Gasteiger partial charge in [0.15, 0.2) is 17.5 Å². The zero-order valence-electron chi connectivity index (χ0n) is 9.74. The summed E-state index contributed by atoms with van der Waals surface area (Å²) in [7, 11) is 0. The molecule has 2 aromatic rings. The second-order valence-electron chi connectivity index (χ2n) is 3.85. The van der Waals surface area contributed by atoms with Gasteiger partial charge in [0.1, 0.15) is 6.07 Å². The Kier molecular flexibility index (Phi) is 3.11. The van der Waals surface area contributed by atoms with Crippen LogP contribution in [-0.4, -0.2) is 4.98 Å². The minimum Gasteiger partial charge on any atom is -0.381 e. The lowest BCUT2D eigenvalue weighted by atomic mass is 10.2. The third-order valence-corrected chi connectivity index (χ3v) is 2.44. The van der Waals surface area contributed by atoms with Crippen molar-refractivity contribution >= 4 is 17.3 Å². The van der Waals surface area contributed by atoms with Gasteiger partial charge in [-0.3, -0.25) is 0 Å². The Morgan fingerprint density at radius 3 is 2.61 bits per heavy atom. The number of nitriles is 1. The minimum atomic E-state index is -0.694. The molecule has 1 aromatic carbocycles. The number of aromatic nitrogens is 1. The number of anilines is 3. The van der Waals surface area contributed by atoms with E-state index in [2.05, 4.69) is 10.3 Å². The molecule has 0 saturated carbocycles. The predicted molar refractivity (Wildman–Crippen MR) is 67.8 cm³/mol. The summed E-state index contributed by atoms with van der Waals surface area (Å²) in [5, 5.41) is 11.9. The van der Waals surface area contributed by atoms with Crippen molar-refractivity contribution in [1.29, 1.82) is 5.26 Å². The number of pyridine rings is 1. The molecule has 0 radical (unpaired) electrons. The predicted octanol–water partition coefficient (Wildman–Crippen LogP) is 2.73. The molecule has 0 saturated heterocycles. The maximum atomic E-state index is 13.2. The summed E-state index contributed by atoms with van der Waals surface area (Å²) in [6, 6.07) is 10.5. The van der Waals surface area contributed by atoms with Gasteiger partial charge in [-0.05, 0) is 25.1 Å². The van der Waals surface area contributed by atoms with Gasteiger partial charge in [-0.2, -0.15) is 5.26 Å². The molecule has 0 amide bonds. The fraction of sp³-hybridized carbons (Fsp3) is 0.0769. The van der Waals surface area contributed by atoms with Crippen molar-refractivity contribution < 1.29 is 4.39 Å². The number of nitrogen functional groups attached to an aromatic ring is 1. The van der Waals surface area contributed by atoms with E-state index in [1.807, 2.05) is 37.3 Å². The Bertz CT molecular complexity index is 614. The standard InChI is InChI=1S/C13H11FN4/c1-8-2-4-10(5-3-8)17-13-9(7-15)6-11(14)12(16)18-13/h2-6H,1H3,(H3,16,17,18). The molecular formula is C13H11FN4. The normalized spacial score (nSPS) is 9.83. The van der Waals surface area contributed by atoms with Gasteiger partial charge in [-0.25, -0.2) is 9.37 Å². The smallest absolute Gasteiger partial charge is 0.166 e. The quantitative estimate of drug-likeness (QED) is 0.849. The van der Waals surface area contributed by atoms with Crippen LogP contribution < -0.4 is 11.1 Å². The van der Waals surface area contributed by atoms with Gasteiger partial charge in [-0.15, -0.1) is 0 Å². The van der Waals surface area contributed by atoms with E-state index >= 15 is 0 Å². The van der Waals surface area contributed by atoms with Gasteiger partial charge in [0.05, 0.1) is 5.56 Å². The molecule has 2 rings (SSSR count). The number of hydrogen-bond donors (Lipinski definition) is 2. The monoisotopic (exact) mass is 242 g/mol. The third kappa shape index (κ3) is 2.38. The topological polar surface area (TPSA) is 74.7 Å². The molecule has 18 heavy (non-hydrogen) atoms. The van der Waals surface area contributed by atoms with Gasteiger partial charge in [-0.1, -0.05) is 17.7 Å². The van der Waals surface area contributed by atoms with Crippen LogP contribution in [0.25, 0.3) is 0 Å². The van der Waals surface area contributed by atoms with Gasteiger partial charge in [0, 0.05) is 5.69 Å². The van der Waals surface area contributed by atoms with Crippen LogP contribution in [0.15, 0.2) is 30.3 Å². The van der Waals surface area contributed by atoms with Crippen molar-refractivity contribution in [2.75, 3.05) is 11.1 Å². The number of nitrogens with one attached hydrogen (secondary N) is 1. The lowest BCUT2D eigenvalue weighted by molar-refractivity contribution is 0.627.